The number of benzene rings is 1. The molecule has 0 saturated carbocycles. The molecule has 3 aromatic heterocycles. The summed E-state index contributed by atoms with van der Waals surface area (Å²) in [5.41, 5.74) is 2.98. The number of rotatable bonds is 6. The molecule has 30 heavy (non-hydrogen) atoms. The van der Waals surface area contributed by atoms with Gasteiger partial charge in [-0.25, -0.2) is 4.21 Å². The van der Waals surface area contributed by atoms with Crippen molar-refractivity contribution in [2.75, 3.05) is 4.72 Å². The van der Waals surface area contributed by atoms with E-state index >= 15 is 0 Å². The predicted molar refractivity (Wildman–Crippen MR) is 111 cm³/mol. The number of aromatic amines is 1. The van der Waals surface area contributed by atoms with Gasteiger partial charge in [-0.2, -0.15) is 18.6 Å². The Balaban J connectivity index is 1.73. The van der Waals surface area contributed by atoms with Crippen molar-refractivity contribution in [1.29, 1.82) is 0 Å². The molecule has 2 N–H and O–H groups in total. The number of nitrogens with one attached hydrogen (secondary N) is 2. The summed E-state index contributed by atoms with van der Waals surface area (Å²) in [6.45, 7) is -1.09. The van der Waals surface area contributed by atoms with Gasteiger partial charge >= 0.3 is 6.55 Å². The van der Waals surface area contributed by atoms with Crippen LogP contribution in [-0.2, 0) is 11.0 Å². The molecule has 156 valence electrons. The molecule has 4 aromatic rings. The number of hydrogen-bond acceptors (Lipinski definition) is 4. The lowest BCUT2D eigenvalue weighted by atomic mass is 10.0. The number of anilines is 1. The van der Waals surface area contributed by atoms with Gasteiger partial charge in [-0.15, -0.1) is 0 Å². The highest BCUT2D eigenvalue weighted by atomic mass is 35.5. The zero-order valence-electron chi connectivity index (χ0n) is 15.2. The molecule has 4 rings (SSSR count). The summed E-state index contributed by atoms with van der Waals surface area (Å²) in [5, 5.41) is 4.61. The molecule has 0 radical (unpaired) electrons. The molecule has 1 atom stereocenters. The second-order valence-electron chi connectivity index (χ2n) is 6.22. The molecule has 12 heteroatoms. The first-order valence-corrected chi connectivity index (χ1v) is 10.3. The number of aromatic nitrogens is 4. The standard InChI is InChI=1S/C18H13Cl2F2N5O2S/c1-9-2-3-10(6-23-9)15-12(19)5-4-11-14(8-24-16(11)15)30(28)26-13-7-25-27(18(21)22)17(13)29-20/h2-8,18,24,26H,1H3. The van der Waals surface area contributed by atoms with E-state index in [0.717, 1.165) is 17.5 Å². The third-order valence-corrected chi connectivity index (χ3v) is 5.98. The Morgan fingerprint density at radius 1 is 1.27 bits per heavy atom. The second-order valence-corrected chi connectivity index (χ2v) is 7.96. The maximum absolute atomic E-state index is 13.0. The van der Waals surface area contributed by atoms with Gasteiger partial charge in [0.1, 0.15) is 17.6 Å². The number of aryl methyl sites for hydroxylation is 1. The van der Waals surface area contributed by atoms with Crippen molar-refractivity contribution in [1.82, 2.24) is 19.7 Å². The minimum atomic E-state index is -2.97. The van der Waals surface area contributed by atoms with E-state index in [-0.39, 0.29) is 10.4 Å². The normalized spacial score (nSPS) is 12.5. The van der Waals surface area contributed by atoms with Gasteiger partial charge in [-0.1, -0.05) is 23.7 Å². The van der Waals surface area contributed by atoms with Crippen LogP contribution in [0.1, 0.15) is 12.2 Å². The van der Waals surface area contributed by atoms with Crippen molar-refractivity contribution < 1.29 is 17.3 Å². The van der Waals surface area contributed by atoms with E-state index in [1.807, 2.05) is 19.1 Å². The zero-order valence-corrected chi connectivity index (χ0v) is 17.5. The topological polar surface area (TPSA) is 84.8 Å². The number of alkyl halides is 2. The summed E-state index contributed by atoms with van der Waals surface area (Å²) in [6.07, 6.45) is 4.30. The Bertz CT molecular complexity index is 1240. The number of H-pyrrole nitrogens is 1. The number of pyridine rings is 1. The first-order chi connectivity index (χ1) is 14.4. The van der Waals surface area contributed by atoms with Crippen LogP contribution in [0, 0.1) is 6.92 Å². The van der Waals surface area contributed by atoms with Gasteiger partial charge in [-0.05, 0) is 19.1 Å². The van der Waals surface area contributed by atoms with Gasteiger partial charge in [-0.3, -0.25) is 9.71 Å². The Kier molecular flexibility index (Phi) is 5.63. The summed E-state index contributed by atoms with van der Waals surface area (Å²) in [6, 6.07) is 7.16. The number of hydrogen-bond donors (Lipinski definition) is 2. The number of fused-ring (bicyclic) bond motifs is 1. The van der Waals surface area contributed by atoms with E-state index in [9.17, 15) is 13.0 Å². The summed E-state index contributed by atoms with van der Waals surface area (Å²) in [5.74, 6) is -0.450. The molecule has 7 nitrogen and oxygen atoms in total. The van der Waals surface area contributed by atoms with Crippen LogP contribution in [0.4, 0.5) is 14.5 Å². The van der Waals surface area contributed by atoms with Crippen molar-refractivity contribution >= 4 is 51.0 Å². The summed E-state index contributed by atoms with van der Waals surface area (Å²) in [4.78, 5) is 7.76. The van der Waals surface area contributed by atoms with Crippen LogP contribution in [0.2, 0.25) is 5.02 Å². The van der Waals surface area contributed by atoms with Crippen molar-refractivity contribution in [3.63, 3.8) is 0 Å². The van der Waals surface area contributed by atoms with E-state index in [0.29, 0.717) is 26.4 Å². The van der Waals surface area contributed by atoms with E-state index in [1.165, 1.54) is 0 Å². The second kappa shape index (κ2) is 8.21. The van der Waals surface area contributed by atoms with Gasteiger partial charge in [0.2, 0.25) is 0 Å². The predicted octanol–water partition coefficient (Wildman–Crippen LogP) is 5.45. The highest BCUT2D eigenvalue weighted by molar-refractivity contribution is 7.86. The lowest BCUT2D eigenvalue weighted by Crippen LogP contribution is -2.06. The van der Waals surface area contributed by atoms with Crippen molar-refractivity contribution in [3.05, 3.63) is 53.6 Å². The van der Waals surface area contributed by atoms with Crippen molar-refractivity contribution in [3.8, 4) is 17.0 Å². The van der Waals surface area contributed by atoms with Gasteiger partial charge in [0.15, 0.2) is 11.0 Å². The largest absolute Gasteiger partial charge is 0.363 e. The average molecular weight is 472 g/mol. The molecule has 0 aliphatic rings. The SMILES string of the molecule is Cc1ccc(-c2c(Cl)ccc3c(S(=O)Nc4cnn(C(F)F)c4OCl)c[nH]c23)cn1. The van der Waals surface area contributed by atoms with E-state index in [2.05, 4.69) is 24.1 Å². The quantitative estimate of drug-likeness (QED) is 0.391. The summed E-state index contributed by atoms with van der Waals surface area (Å²) >= 11 is 11.7. The maximum Gasteiger partial charge on any atom is 0.336 e. The molecule has 0 aliphatic carbocycles. The third kappa shape index (κ3) is 3.62. The zero-order chi connectivity index (χ0) is 21.4. The van der Waals surface area contributed by atoms with Crippen LogP contribution >= 0.6 is 23.5 Å². The molecule has 0 saturated heterocycles. The van der Waals surface area contributed by atoms with E-state index < -0.39 is 23.4 Å². The third-order valence-electron chi connectivity index (χ3n) is 4.38. The fraction of sp³-hybridized carbons (Fsp3) is 0.111. The molecule has 1 unspecified atom stereocenters. The fourth-order valence-electron chi connectivity index (χ4n) is 2.99. The minimum Gasteiger partial charge on any atom is -0.363 e. The lowest BCUT2D eigenvalue weighted by molar-refractivity contribution is 0.0515. The highest BCUT2D eigenvalue weighted by Gasteiger charge is 2.22. The molecule has 0 bridgehead atoms. The number of halogens is 4. The highest BCUT2D eigenvalue weighted by Crippen LogP contribution is 2.37. The van der Waals surface area contributed by atoms with Crippen LogP contribution < -0.4 is 9.01 Å². The fourth-order valence-corrected chi connectivity index (χ4v) is 4.40. The maximum atomic E-state index is 13.0. The molecule has 0 amide bonds. The number of nitrogens with zero attached hydrogens (tertiary/aromatic N) is 3. The van der Waals surface area contributed by atoms with Gasteiger partial charge in [0.05, 0.1) is 21.6 Å². The van der Waals surface area contributed by atoms with Crippen LogP contribution in [0.15, 0.2) is 47.8 Å². The summed E-state index contributed by atoms with van der Waals surface area (Å²) < 4.78 is 46.1. The molecule has 0 aliphatic heterocycles. The molecule has 0 spiro atoms. The monoisotopic (exact) mass is 471 g/mol. The van der Waals surface area contributed by atoms with Gasteiger partial charge in [0.25, 0.3) is 5.88 Å². The van der Waals surface area contributed by atoms with E-state index in [1.54, 1.807) is 24.5 Å². The first-order valence-electron chi connectivity index (χ1n) is 8.46. The van der Waals surface area contributed by atoms with Crippen molar-refractivity contribution in [2.45, 2.75) is 18.4 Å². The lowest BCUT2D eigenvalue weighted by Gasteiger charge is -2.08. The molecular formula is C18H13Cl2F2N5O2S. The first kappa shape index (κ1) is 20.6. The smallest absolute Gasteiger partial charge is 0.336 e. The van der Waals surface area contributed by atoms with Crippen molar-refractivity contribution in [2.24, 2.45) is 0 Å². The van der Waals surface area contributed by atoms with Gasteiger partial charge in [0, 0.05) is 34.6 Å². The van der Waals surface area contributed by atoms with Crippen LogP contribution in [0.5, 0.6) is 5.88 Å². The van der Waals surface area contributed by atoms with Crippen LogP contribution in [0.25, 0.3) is 22.0 Å². The Morgan fingerprint density at radius 2 is 2.07 bits per heavy atom. The Hall–Kier alpha value is -2.69. The Morgan fingerprint density at radius 3 is 2.73 bits per heavy atom. The summed E-state index contributed by atoms with van der Waals surface area (Å²) in [7, 11) is -1.84. The Labute approximate surface area is 181 Å². The minimum absolute atomic E-state index is 0.0464. The molecule has 1 aromatic carbocycles. The molecule has 0 fully saturated rings. The van der Waals surface area contributed by atoms with Gasteiger partial charge < -0.3 is 9.27 Å². The van der Waals surface area contributed by atoms with E-state index in [4.69, 9.17) is 23.5 Å². The van der Waals surface area contributed by atoms with Crippen LogP contribution in [0.3, 0.4) is 0 Å². The molecule has 3 heterocycles. The van der Waals surface area contributed by atoms with Crippen LogP contribution in [-0.4, -0.2) is 24.0 Å². The average Bonchev–Trinajstić information content (AvgIpc) is 3.32. The molecular weight excluding hydrogens is 459 g/mol.